The van der Waals surface area contributed by atoms with Crippen LogP contribution in [0.2, 0.25) is 10.0 Å². The zero-order valence-corrected chi connectivity index (χ0v) is 17.1. The Hall–Kier alpha value is -1.70. The summed E-state index contributed by atoms with van der Waals surface area (Å²) < 4.78 is 11.5. The average molecular weight is 418 g/mol. The minimum absolute atomic E-state index is 0.0553. The second kappa shape index (κ2) is 8.99. The highest BCUT2D eigenvalue weighted by atomic mass is 35.5. The third-order valence-corrected chi connectivity index (χ3v) is 4.80. The number of benzene rings is 1. The molecule has 7 nitrogen and oxygen atoms in total. The average Bonchev–Trinajstić information content (AvgIpc) is 2.78. The first-order chi connectivity index (χ1) is 12.6. The van der Waals surface area contributed by atoms with Crippen LogP contribution < -0.4 is 5.73 Å². The highest BCUT2D eigenvalue weighted by molar-refractivity contribution is 6.42. The minimum atomic E-state index is -0.603. The number of halogens is 2. The number of ether oxygens (including phenoxy) is 2. The van der Waals surface area contributed by atoms with Crippen LogP contribution in [0.5, 0.6) is 0 Å². The number of rotatable bonds is 3. The van der Waals surface area contributed by atoms with E-state index in [4.69, 9.17) is 43.6 Å². The van der Waals surface area contributed by atoms with E-state index >= 15 is 0 Å². The predicted molar refractivity (Wildman–Crippen MR) is 104 cm³/mol. The molecule has 2 rings (SSSR count). The zero-order valence-electron chi connectivity index (χ0n) is 15.6. The molecule has 1 fully saturated rings. The molecular formula is C18H25Cl2N3O4. The standard InChI is InChI=1S/C18H25Cl2N3O4/c1-18(2,3)27-17(24)23-6-7-26-16(12(10-23)9-15(21)22-25)11-4-5-13(19)14(20)8-11/h4-5,8,12,16,25H,6-7,9-10H2,1-3H3,(H2,21,22)/t12-,16+/m1/s1. The Kier molecular flexibility index (Phi) is 7.19. The molecule has 0 aliphatic carbocycles. The summed E-state index contributed by atoms with van der Waals surface area (Å²) in [6.45, 7) is 6.45. The van der Waals surface area contributed by atoms with Crippen LogP contribution in [0.3, 0.4) is 0 Å². The SMILES string of the molecule is CC(C)(C)OC(=O)N1CCO[C@@H](c2ccc(Cl)c(Cl)c2)[C@H](CC(N)=NO)C1. The maximum Gasteiger partial charge on any atom is 0.410 e. The third kappa shape index (κ3) is 6.16. The third-order valence-electron chi connectivity index (χ3n) is 4.07. The van der Waals surface area contributed by atoms with E-state index < -0.39 is 17.8 Å². The molecule has 1 saturated heterocycles. The van der Waals surface area contributed by atoms with Crippen LogP contribution in [0.15, 0.2) is 23.4 Å². The lowest BCUT2D eigenvalue weighted by molar-refractivity contribution is 0.0231. The van der Waals surface area contributed by atoms with Gasteiger partial charge in [-0.25, -0.2) is 4.79 Å². The van der Waals surface area contributed by atoms with Gasteiger partial charge < -0.3 is 25.3 Å². The quantitative estimate of drug-likeness (QED) is 0.334. The maximum atomic E-state index is 12.5. The number of hydrogen-bond donors (Lipinski definition) is 2. The van der Waals surface area contributed by atoms with Gasteiger partial charge in [-0.15, -0.1) is 0 Å². The molecule has 150 valence electrons. The number of nitrogens with two attached hydrogens (primary N) is 1. The monoisotopic (exact) mass is 417 g/mol. The van der Waals surface area contributed by atoms with E-state index in [1.165, 1.54) is 0 Å². The molecule has 1 aliphatic rings. The largest absolute Gasteiger partial charge is 0.444 e. The fourth-order valence-corrected chi connectivity index (χ4v) is 3.23. The fourth-order valence-electron chi connectivity index (χ4n) is 2.93. The van der Waals surface area contributed by atoms with Gasteiger partial charge in [0.2, 0.25) is 0 Å². The van der Waals surface area contributed by atoms with Crippen molar-refractivity contribution in [1.82, 2.24) is 4.90 Å². The number of amidine groups is 1. The minimum Gasteiger partial charge on any atom is -0.444 e. The smallest absolute Gasteiger partial charge is 0.410 e. The van der Waals surface area contributed by atoms with Gasteiger partial charge in [0.25, 0.3) is 0 Å². The van der Waals surface area contributed by atoms with Gasteiger partial charge in [0, 0.05) is 25.4 Å². The molecule has 1 aromatic carbocycles. The molecule has 9 heteroatoms. The Bertz CT molecular complexity index is 706. The van der Waals surface area contributed by atoms with Crippen molar-refractivity contribution < 1.29 is 19.5 Å². The van der Waals surface area contributed by atoms with E-state index in [1.54, 1.807) is 17.0 Å². The van der Waals surface area contributed by atoms with E-state index in [1.807, 2.05) is 26.8 Å². The number of nitrogens with zero attached hydrogens (tertiary/aromatic N) is 2. The first kappa shape index (κ1) is 21.6. The molecule has 1 amide bonds. The van der Waals surface area contributed by atoms with E-state index in [2.05, 4.69) is 5.16 Å². The molecule has 0 bridgehead atoms. The molecule has 1 aliphatic heterocycles. The molecule has 0 spiro atoms. The summed E-state index contributed by atoms with van der Waals surface area (Å²) in [5, 5.41) is 12.9. The molecule has 1 heterocycles. The van der Waals surface area contributed by atoms with Gasteiger partial charge in [-0.05, 0) is 38.5 Å². The van der Waals surface area contributed by atoms with Crippen molar-refractivity contribution in [3.05, 3.63) is 33.8 Å². The lowest BCUT2D eigenvalue weighted by atomic mass is 9.92. The molecule has 1 aromatic rings. The first-order valence-electron chi connectivity index (χ1n) is 8.61. The van der Waals surface area contributed by atoms with Gasteiger partial charge in [-0.1, -0.05) is 34.4 Å². The Morgan fingerprint density at radius 2 is 2.11 bits per heavy atom. The molecule has 0 unspecified atom stereocenters. The Morgan fingerprint density at radius 1 is 1.41 bits per heavy atom. The first-order valence-corrected chi connectivity index (χ1v) is 9.37. The van der Waals surface area contributed by atoms with Crippen LogP contribution >= 0.6 is 23.2 Å². The number of carbonyl (C=O) groups is 1. The van der Waals surface area contributed by atoms with Crippen molar-refractivity contribution in [3.8, 4) is 0 Å². The van der Waals surface area contributed by atoms with Crippen molar-refractivity contribution in [2.75, 3.05) is 19.7 Å². The van der Waals surface area contributed by atoms with Crippen LogP contribution in [-0.2, 0) is 9.47 Å². The number of amides is 1. The van der Waals surface area contributed by atoms with E-state index in [0.717, 1.165) is 5.56 Å². The predicted octanol–water partition coefficient (Wildman–Crippen LogP) is 4.05. The van der Waals surface area contributed by atoms with Crippen LogP contribution in [0, 0.1) is 5.92 Å². The molecule has 3 N–H and O–H groups in total. The van der Waals surface area contributed by atoms with Crippen molar-refractivity contribution in [1.29, 1.82) is 0 Å². The van der Waals surface area contributed by atoms with Crippen LogP contribution in [0.4, 0.5) is 4.79 Å². The van der Waals surface area contributed by atoms with Crippen molar-refractivity contribution in [2.24, 2.45) is 16.8 Å². The number of carbonyl (C=O) groups excluding carboxylic acids is 1. The summed E-state index contributed by atoms with van der Waals surface area (Å²) in [6, 6.07) is 5.25. The van der Waals surface area contributed by atoms with Gasteiger partial charge in [0.15, 0.2) is 0 Å². The molecule has 0 radical (unpaired) electrons. The summed E-state index contributed by atoms with van der Waals surface area (Å²) in [4.78, 5) is 14.1. The van der Waals surface area contributed by atoms with E-state index in [9.17, 15) is 4.79 Å². The van der Waals surface area contributed by atoms with Crippen molar-refractivity contribution in [2.45, 2.75) is 38.9 Å². The fraction of sp³-hybridized carbons (Fsp3) is 0.556. The summed E-state index contributed by atoms with van der Waals surface area (Å²) in [5.41, 5.74) is 5.94. The lowest BCUT2D eigenvalue weighted by Gasteiger charge is -2.29. The zero-order chi connectivity index (χ0) is 20.2. The van der Waals surface area contributed by atoms with Gasteiger partial charge in [0.1, 0.15) is 11.4 Å². The van der Waals surface area contributed by atoms with Crippen LogP contribution in [0.25, 0.3) is 0 Å². The Balaban J connectivity index is 2.28. The van der Waals surface area contributed by atoms with Crippen LogP contribution in [-0.4, -0.2) is 47.3 Å². The summed E-state index contributed by atoms with van der Waals surface area (Å²) >= 11 is 12.2. The van der Waals surface area contributed by atoms with Gasteiger partial charge in [-0.3, -0.25) is 0 Å². The highest BCUT2D eigenvalue weighted by Crippen LogP contribution is 2.35. The van der Waals surface area contributed by atoms with E-state index in [-0.39, 0.29) is 18.2 Å². The van der Waals surface area contributed by atoms with Gasteiger partial charge in [0.05, 0.1) is 22.8 Å². The summed E-state index contributed by atoms with van der Waals surface area (Å²) in [6.07, 6.45) is -0.585. The molecule has 2 atom stereocenters. The Morgan fingerprint density at radius 3 is 2.70 bits per heavy atom. The molecule has 27 heavy (non-hydrogen) atoms. The molecular weight excluding hydrogens is 393 g/mol. The second-order valence-corrected chi connectivity index (χ2v) is 8.26. The lowest BCUT2D eigenvalue weighted by Crippen LogP contribution is -2.40. The van der Waals surface area contributed by atoms with Gasteiger partial charge >= 0.3 is 6.09 Å². The summed E-state index contributed by atoms with van der Waals surface area (Å²) in [7, 11) is 0. The second-order valence-electron chi connectivity index (χ2n) is 7.45. The summed E-state index contributed by atoms with van der Waals surface area (Å²) in [5.74, 6) is -0.201. The molecule has 0 saturated carbocycles. The van der Waals surface area contributed by atoms with Crippen molar-refractivity contribution in [3.63, 3.8) is 0 Å². The van der Waals surface area contributed by atoms with Crippen molar-refractivity contribution >= 4 is 35.1 Å². The normalized spacial score (nSPS) is 21.7. The maximum absolute atomic E-state index is 12.5. The Labute approximate surface area is 169 Å². The number of hydrogen-bond acceptors (Lipinski definition) is 5. The molecule has 0 aromatic heterocycles. The van der Waals surface area contributed by atoms with Gasteiger partial charge in [-0.2, -0.15) is 0 Å². The van der Waals surface area contributed by atoms with Crippen LogP contribution in [0.1, 0.15) is 38.9 Å². The topological polar surface area (TPSA) is 97.4 Å². The van der Waals surface area contributed by atoms with E-state index in [0.29, 0.717) is 29.7 Å². The number of oxime groups is 1. The highest BCUT2D eigenvalue weighted by Gasteiger charge is 2.34.